The van der Waals surface area contributed by atoms with Gasteiger partial charge in [-0.2, -0.15) is 0 Å². The van der Waals surface area contributed by atoms with Crippen LogP contribution in [-0.4, -0.2) is 6.67 Å². The minimum atomic E-state index is 0.563. The molecular weight excluding hydrogens is 280 g/mol. The van der Waals surface area contributed by atoms with Crippen LogP contribution < -0.4 is 10.2 Å². The number of nitrogens with two attached hydrogens (primary N) is 1. The monoisotopic (exact) mass is 303 g/mol. The minimum absolute atomic E-state index is 0.563. The molecule has 0 aromatic heterocycles. The van der Waals surface area contributed by atoms with Gasteiger partial charge >= 0.3 is 0 Å². The highest BCUT2D eigenvalue weighted by atomic mass is 15.4. The van der Waals surface area contributed by atoms with Crippen molar-refractivity contribution < 1.29 is 0 Å². The Hall–Kier alpha value is -2.42. The van der Waals surface area contributed by atoms with Gasteiger partial charge in [0.25, 0.3) is 0 Å². The van der Waals surface area contributed by atoms with Gasteiger partial charge in [-0.3, -0.25) is 10.2 Å². The van der Waals surface area contributed by atoms with Crippen molar-refractivity contribution in [1.29, 1.82) is 0 Å². The second kappa shape index (κ2) is 7.23. The van der Waals surface area contributed by atoms with Gasteiger partial charge in [-0.1, -0.05) is 78.9 Å². The molecule has 0 aliphatic rings. The quantitative estimate of drug-likeness (QED) is 0.533. The first-order valence-corrected chi connectivity index (χ1v) is 8.02. The number of quaternary nitrogens is 1. The summed E-state index contributed by atoms with van der Waals surface area (Å²) >= 11 is 0. The highest BCUT2D eigenvalue weighted by molar-refractivity contribution is 5.44. The van der Waals surface area contributed by atoms with E-state index in [1.165, 1.54) is 16.8 Å². The van der Waals surface area contributed by atoms with E-state index in [1.54, 1.807) is 0 Å². The van der Waals surface area contributed by atoms with Crippen LogP contribution in [0.3, 0.4) is 0 Å². The summed E-state index contributed by atoms with van der Waals surface area (Å²) in [5.74, 6) is 0. The first-order chi connectivity index (χ1) is 11.3. The van der Waals surface area contributed by atoms with Gasteiger partial charge in [-0.25, -0.2) is 0 Å². The Bertz CT molecular complexity index is 667. The van der Waals surface area contributed by atoms with E-state index in [9.17, 15) is 0 Å². The van der Waals surface area contributed by atoms with Gasteiger partial charge in [-0.15, -0.1) is 0 Å². The maximum absolute atomic E-state index is 6.31. The Morgan fingerprint density at radius 2 is 0.957 bits per heavy atom. The predicted octanol–water partition coefficient (Wildman–Crippen LogP) is 4.31. The molecule has 2 nitrogen and oxygen atoms in total. The molecule has 2 heteroatoms. The summed E-state index contributed by atoms with van der Waals surface area (Å²) in [6, 6.07) is 31.8. The van der Waals surface area contributed by atoms with E-state index < -0.39 is 0 Å². The van der Waals surface area contributed by atoms with Crippen molar-refractivity contribution >= 4 is 5.69 Å². The highest BCUT2D eigenvalue weighted by Crippen LogP contribution is 2.28. The molecule has 23 heavy (non-hydrogen) atoms. The van der Waals surface area contributed by atoms with Crippen molar-refractivity contribution in [3.8, 4) is 0 Å². The normalized spacial score (nSPS) is 11.3. The molecule has 2 N–H and O–H groups in total. The van der Waals surface area contributed by atoms with Crippen LogP contribution in [0.5, 0.6) is 0 Å². The van der Waals surface area contributed by atoms with Gasteiger partial charge in [0.05, 0.1) is 0 Å². The molecule has 0 fully saturated rings. The lowest BCUT2D eigenvalue weighted by molar-refractivity contribution is 0.262. The summed E-state index contributed by atoms with van der Waals surface area (Å²) in [5.41, 5.74) is 10.2. The Balaban J connectivity index is 2.00. The fourth-order valence-corrected chi connectivity index (χ4v) is 3.08. The van der Waals surface area contributed by atoms with Crippen LogP contribution in [0.15, 0.2) is 91.0 Å². The van der Waals surface area contributed by atoms with Crippen LogP contribution in [0.1, 0.15) is 11.1 Å². The van der Waals surface area contributed by atoms with Crippen molar-refractivity contribution in [2.24, 2.45) is 5.73 Å². The summed E-state index contributed by atoms with van der Waals surface area (Å²) in [7, 11) is 0. The predicted molar refractivity (Wildman–Crippen MR) is 97.6 cm³/mol. The zero-order valence-electron chi connectivity index (χ0n) is 13.3. The van der Waals surface area contributed by atoms with E-state index in [0.717, 1.165) is 17.6 Å². The molecule has 3 aromatic rings. The zero-order chi connectivity index (χ0) is 16.0. The molecule has 3 aromatic carbocycles. The molecular formula is C21H23N2+. The van der Waals surface area contributed by atoms with Crippen molar-refractivity contribution in [1.82, 2.24) is 4.48 Å². The lowest BCUT2D eigenvalue weighted by Crippen LogP contribution is -2.51. The number of benzene rings is 3. The molecule has 0 bridgehead atoms. The first-order valence-electron chi connectivity index (χ1n) is 8.02. The van der Waals surface area contributed by atoms with Gasteiger partial charge in [0.15, 0.2) is 0 Å². The average molecular weight is 303 g/mol. The third-order valence-electron chi connectivity index (χ3n) is 4.31. The maximum Gasteiger partial charge on any atom is 0.135 e. The van der Waals surface area contributed by atoms with Crippen LogP contribution in [0.25, 0.3) is 0 Å². The molecule has 3 rings (SSSR count). The van der Waals surface area contributed by atoms with Crippen molar-refractivity contribution in [3.63, 3.8) is 0 Å². The second-order valence-corrected chi connectivity index (χ2v) is 5.95. The molecule has 0 aliphatic carbocycles. The van der Waals surface area contributed by atoms with E-state index in [2.05, 4.69) is 91.0 Å². The Morgan fingerprint density at radius 1 is 0.565 bits per heavy atom. The molecule has 0 saturated heterocycles. The lowest BCUT2D eigenvalue weighted by Gasteiger charge is -2.37. The molecule has 0 atom stereocenters. The van der Waals surface area contributed by atoms with Crippen molar-refractivity contribution in [3.05, 3.63) is 102 Å². The van der Waals surface area contributed by atoms with Crippen LogP contribution in [-0.2, 0) is 13.1 Å². The summed E-state index contributed by atoms with van der Waals surface area (Å²) in [6.45, 7) is 2.33. The summed E-state index contributed by atoms with van der Waals surface area (Å²) < 4.78 is 0.717. The van der Waals surface area contributed by atoms with E-state index in [4.69, 9.17) is 5.73 Å². The van der Waals surface area contributed by atoms with Crippen LogP contribution in [0.4, 0.5) is 5.69 Å². The van der Waals surface area contributed by atoms with Gasteiger partial charge in [0.2, 0.25) is 0 Å². The number of hydrogen-bond donors (Lipinski definition) is 1. The number of hydrogen-bond acceptors (Lipinski definition) is 1. The number of rotatable bonds is 6. The molecule has 0 aliphatic heterocycles. The summed E-state index contributed by atoms with van der Waals surface area (Å²) in [6.07, 6.45) is 0. The SMILES string of the molecule is NC[N+](Cc1ccccc1)(Cc1ccccc1)c1ccccc1. The molecule has 0 heterocycles. The highest BCUT2D eigenvalue weighted by Gasteiger charge is 2.29. The molecule has 0 unspecified atom stereocenters. The Kier molecular flexibility index (Phi) is 4.86. The Morgan fingerprint density at radius 3 is 1.35 bits per heavy atom. The Labute approximate surface area is 138 Å². The lowest BCUT2D eigenvalue weighted by atomic mass is 10.1. The average Bonchev–Trinajstić information content (AvgIpc) is 2.63. The number of para-hydroxylation sites is 1. The van der Waals surface area contributed by atoms with Gasteiger partial charge in [0.1, 0.15) is 25.4 Å². The molecule has 0 saturated carbocycles. The molecule has 0 spiro atoms. The maximum atomic E-state index is 6.31. The van der Waals surface area contributed by atoms with Crippen LogP contribution in [0, 0.1) is 0 Å². The molecule has 116 valence electrons. The zero-order valence-corrected chi connectivity index (χ0v) is 13.3. The second-order valence-electron chi connectivity index (χ2n) is 5.95. The molecule has 0 radical (unpaired) electrons. The van der Waals surface area contributed by atoms with Gasteiger partial charge < -0.3 is 0 Å². The largest absolute Gasteiger partial charge is 0.284 e. The summed E-state index contributed by atoms with van der Waals surface area (Å²) in [4.78, 5) is 0. The van der Waals surface area contributed by atoms with E-state index in [1.807, 2.05) is 0 Å². The molecule has 0 amide bonds. The fraction of sp³-hybridized carbons (Fsp3) is 0.143. The van der Waals surface area contributed by atoms with Gasteiger partial charge in [0, 0.05) is 11.1 Å². The van der Waals surface area contributed by atoms with E-state index >= 15 is 0 Å². The topological polar surface area (TPSA) is 26.0 Å². The fourth-order valence-electron chi connectivity index (χ4n) is 3.08. The minimum Gasteiger partial charge on any atom is -0.284 e. The van der Waals surface area contributed by atoms with Crippen LogP contribution >= 0.6 is 0 Å². The van der Waals surface area contributed by atoms with Crippen molar-refractivity contribution in [2.45, 2.75) is 13.1 Å². The van der Waals surface area contributed by atoms with Crippen LogP contribution in [0.2, 0.25) is 0 Å². The first kappa shape index (κ1) is 15.5. The number of nitrogens with zero attached hydrogens (tertiary/aromatic N) is 1. The standard InChI is InChI=1S/C21H23N2/c22-18-23(21-14-8-3-9-15-21,16-19-10-4-1-5-11-19)17-20-12-6-2-7-13-20/h1-15H,16-18,22H2/q+1. The summed E-state index contributed by atoms with van der Waals surface area (Å²) in [5, 5.41) is 0. The van der Waals surface area contributed by atoms with E-state index in [0.29, 0.717) is 6.67 Å². The van der Waals surface area contributed by atoms with E-state index in [-0.39, 0.29) is 0 Å². The van der Waals surface area contributed by atoms with Crippen molar-refractivity contribution in [2.75, 3.05) is 6.67 Å². The third-order valence-corrected chi connectivity index (χ3v) is 4.31. The van der Waals surface area contributed by atoms with Gasteiger partial charge in [-0.05, 0) is 12.1 Å². The smallest absolute Gasteiger partial charge is 0.135 e. The third kappa shape index (κ3) is 3.67.